The highest BCUT2D eigenvalue weighted by atomic mass is 16.5. The standard InChI is InChI=1S/C8H15NO2/c1-4-5-6-9-7(2)8(10)11-3/h4,7,9H,1,5-6H2,2-3H3. The molecule has 0 spiro atoms. The van der Waals surface area contributed by atoms with Gasteiger partial charge in [-0.15, -0.1) is 6.58 Å². The molecule has 1 atom stereocenters. The van der Waals surface area contributed by atoms with Gasteiger partial charge in [0, 0.05) is 0 Å². The van der Waals surface area contributed by atoms with Crippen molar-refractivity contribution in [1.82, 2.24) is 5.32 Å². The minimum Gasteiger partial charge on any atom is -0.468 e. The third-order valence-corrected chi connectivity index (χ3v) is 1.35. The van der Waals surface area contributed by atoms with E-state index >= 15 is 0 Å². The molecule has 0 saturated carbocycles. The molecule has 0 aromatic carbocycles. The maximum atomic E-state index is 10.8. The summed E-state index contributed by atoms with van der Waals surface area (Å²) in [7, 11) is 1.38. The lowest BCUT2D eigenvalue weighted by Crippen LogP contribution is -2.35. The van der Waals surface area contributed by atoms with Gasteiger partial charge in [0.15, 0.2) is 0 Å². The third kappa shape index (κ3) is 4.56. The Kier molecular flexibility index (Phi) is 5.47. The number of methoxy groups -OCH3 is 1. The molecule has 0 radical (unpaired) electrons. The fraction of sp³-hybridized carbons (Fsp3) is 0.625. The predicted molar refractivity (Wildman–Crippen MR) is 44.3 cm³/mol. The Balaban J connectivity index is 3.43. The van der Waals surface area contributed by atoms with Gasteiger partial charge >= 0.3 is 5.97 Å². The molecule has 1 unspecified atom stereocenters. The van der Waals surface area contributed by atoms with Crippen LogP contribution in [0.15, 0.2) is 12.7 Å². The first-order valence-electron chi connectivity index (χ1n) is 3.64. The third-order valence-electron chi connectivity index (χ3n) is 1.35. The second-order valence-electron chi connectivity index (χ2n) is 2.28. The molecule has 0 amide bonds. The first-order valence-corrected chi connectivity index (χ1v) is 3.64. The largest absolute Gasteiger partial charge is 0.468 e. The summed E-state index contributed by atoms with van der Waals surface area (Å²) in [5.74, 6) is -0.228. The van der Waals surface area contributed by atoms with E-state index in [1.807, 2.05) is 0 Å². The van der Waals surface area contributed by atoms with E-state index in [0.717, 1.165) is 13.0 Å². The smallest absolute Gasteiger partial charge is 0.322 e. The van der Waals surface area contributed by atoms with Gasteiger partial charge in [0.2, 0.25) is 0 Å². The summed E-state index contributed by atoms with van der Waals surface area (Å²) >= 11 is 0. The maximum absolute atomic E-state index is 10.8. The van der Waals surface area contributed by atoms with Crippen LogP contribution in [0.4, 0.5) is 0 Å². The minimum absolute atomic E-state index is 0.222. The van der Waals surface area contributed by atoms with Gasteiger partial charge in [-0.3, -0.25) is 4.79 Å². The molecular weight excluding hydrogens is 142 g/mol. The first-order chi connectivity index (χ1) is 5.22. The second-order valence-corrected chi connectivity index (χ2v) is 2.28. The molecule has 0 heterocycles. The lowest BCUT2D eigenvalue weighted by Gasteiger charge is -2.09. The van der Waals surface area contributed by atoms with Crippen LogP contribution < -0.4 is 5.32 Å². The zero-order valence-electron chi connectivity index (χ0n) is 7.09. The van der Waals surface area contributed by atoms with Gasteiger partial charge in [0.25, 0.3) is 0 Å². The van der Waals surface area contributed by atoms with Gasteiger partial charge in [0.1, 0.15) is 6.04 Å². The molecule has 1 N–H and O–H groups in total. The summed E-state index contributed by atoms with van der Waals surface area (Å²) in [6, 6.07) is -0.222. The molecule has 0 aliphatic carbocycles. The van der Waals surface area contributed by atoms with Crippen LogP contribution in [0, 0.1) is 0 Å². The Bertz CT molecular complexity index is 134. The Morgan fingerprint density at radius 2 is 2.45 bits per heavy atom. The summed E-state index contributed by atoms with van der Waals surface area (Å²) < 4.78 is 4.52. The van der Waals surface area contributed by atoms with Gasteiger partial charge in [-0.1, -0.05) is 6.08 Å². The molecule has 11 heavy (non-hydrogen) atoms. The van der Waals surface area contributed by atoms with Crippen molar-refractivity contribution in [3.63, 3.8) is 0 Å². The van der Waals surface area contributed by atoms with E-state index in [9.17, 15) is 4.79 Å². The fourth-order valence-electron chi connectivity index (χ4n) is 0.662. The van der Waals surface area contributed by atoms with E-state index in [2.05, 4.69) is 16.6 Å². The van der Waals surface area contributed by atoms with Crippen molar-refractivity contribution in [2.75, 3.05) is 13.7 Å². The maximum Gasteiger partial charge on any atom is 0.322 e. The zero-order valence-corrected chi connectivity index (χ0v) is 7.09. The van der Waals surface area contributed by atoms with Crippen molar-refractivity contribution in [1.29, 1.82) is 0 Å². The monoisotopic (exact) mass is 157 g/mol. The van der Waals surface area contributed by atoms with Crippen molar-refractivity contribution in [3.05, 3.63) is 12.7 Å². The van der Waals surface area contributed by atoms with Crippen molar-refractivity contribution < 1.29 is 9.53 Å². The number of carbonyl (C=O) groups is 1. The van der Waals surface area contributed by atoms with E-state index < -0.39 is 0 Å². The van der Waals surface area contributed by atoms with Crippen LogP contribution in [0.25, 0.3) is 0 Å². The molecule has 3 heteroatoms. The van der Waals surface area contributed by atoms with Gasteiger partial charge in [0.05, 0.1) is 7.11 Å². The summed E-state index contributed by atoms with van der Waals surface area (Å²) in [5, 5.41) is 2.99. The molecule has 0 bridgehead atoms. The number of hydrogen-bond acceptors (Lipinski definition) is 3. The lowest BCUT2D eigenvalue weighted by atomic mass is 10.3. The SMILES string of the molecule is C=CCCNC(C)C(=O)OC. The molecule has 0 fully saturated rings. The number of nitrogens with one attached hydrogen (secondary N) is 1. The topological polar surface area (TPSA) is 38.3 Å². The lowest BCUT2D eigenvalue weighted by molar-refractivity contribution is -0.142. The minimum atomic E-state index is -0.228. The molecule has 0 aromatic heterocycles. The fourth-order valence-corrected chi connectivity index (χ4v) is 0.662. The average molecular weight is 157 g/mol. The number of hydrogen-bond donors (Lipinski definition) is 1. The molecule has 0 saturated heterocycles. The van der Waals surface area contributed by atoms with E-state index in [-0.39, 0.29) is 12.0 Å². The van der Waals surface area contributed by atoms with Crippen LogP contribution in [0.1, 0.15) is 13.3 Å². The van der Waals surface area contributed by atoms with Crippen molar-refractivity contribution in [2.24, 2.45) is 0 Å². The quantitative estimate of drug-likeness (QED) is 0.363. The van der Waals surface area contributed by atoms with E-state index in [0.29, 0.717) is 0 Å². The van der Waals surface area contributed by atoms with Gasteiger partial charge in [-0.05, 0) is 19.9 Å². The molecule has 0 aromatic rings. The summed E-state index contributed by atoms with van der Waals surface area (Å²) in [6.07, 6.45) is 2.67. The number of ether oxygens (including phenoxy) is 1. The Morgan fingerprint density at radius 3 is 2.91 bits per heavy atom. The molecule has 0 rings (SSSR count). The Labute approximate surface area is 67.4 Å². The van der Waals surface area contributed by atoms with Crippen LogP contribution in [-0.2, 0) is 9.53 Å². The predicted octanol–water partition coefficient (Wildman–Crippen LogP) is 0.714. The van der Waals surface area contributed by atoms with Crippen LogP contribution in [-0.4, -0.2) is 25.7 Å². The Morgan fingerprint density at radius 1 is 1.82 bits per heavy atom. The Hall–Kier alpha value is -0.830. The van der Waals surface area contributed by atoms with Gasteiger partial charge < -0.3 is 10.1 Å². The first kappa shape index (κ1) is 10.2. The van der Waals surface area contributed by atoms with Crippen LogP contribution in [0.5, 0.6) is 0 Å². The zero-order chi connectivity index (χ0) is 8.69. The second kappa shape index (κ2) is 5.92. The average Bonchev–Trinajstić information content (AvgIpc) is 2.03. The van der Waals surface area contributed by atoms with E-state index in [1.165, 1.54) is 7.11 Å². The molecule has 3 nitrogen and oxygen atoms in total. The highest BCUT2D eigenvalue weighted by Crippen LogP contribution is 1.86. The van der Waals surface area contributed by atoms with E-state index in [1.54, 1.807) is 13.0 Å². The van der Waals surface area contributed by atoms with E-state index in [4.69, 9.17) is 0 Å². The van der Waals surface area contributed by atoms with Crippen LogP contribution >= 0.6 is 0 Å². The highest BCUT2D eigenvalue weighted by Gasteiger charge is 2.10. The van der Waals surface area contributed by atoms with Gasteiger partial charge in [-0.25, -0.2) is 0 Å². The number of carbonyl (C=O) groups excluding carboxylic acids is 1. The highest BCUT2D eigenvalue weighted by molar-refractivity contribution is 5.74. The van der Waals surface area contributed by atoms with Gasteiger partial charge in [-0.2, -0.15) is 0 Å². The van der Waals surface area contributed by atoms with Crippen molar-refractivity contribution >= 4 is 5.97 Å². The molecule has 0 aliphatic rings. The summed E-state index contributed by atoms with van der Waals surface area (Å²) in [5.41, 5.74) is 0. The van der Waals surface area contributed by atoms with Crippen LogP contribution in [0.3, 0.4) is 0 Å². The molecular formula is C8H15NO2. The van der Waals surface area contributed by atoms with Crippen molar-refractivity contribution in [2.45, 2.75) is 19.4 Å². The molecule has 64 valence electrons. The number of rotatable bonds is 5. The number of esters is 1. The van der Waals surface area contributed by atoms with Crippen molar-refractivity contribution in [3.8, 4) is 0 Å². The summed E-state index contributed by atoms with van der Waals surface area (Å²) in [4.78, 5) is 10.8. The van der Waals surface area contributed by atoms with Crippen LogP contribution in [0.2, 0.25) is 0 Å². The normalized spacial score (nSPS) is 12.2. The summed E-state index contributed by atoms with van der Waals surface area (Å²) in [6.45, 7) is 6.10. The molecule has 0 aliphatic heterocycles.